The summed E-state index contributed by atoms with van der Waals surface area (Å²) in [6.07, 6.45) is 8.40. The summed E-state index contributed by atoms with van der Waals surface area (Å²) in [6.45, 7) is 6.43. The summed E-state index contributed by atoms with van der Waals surface area (Å²) in [5.41, 5.74) is 2.82. The molecule has 0 N–H and O–H groups in total. The van der Waals surface area contributed by atoms with Gasteiger partial charge in [-0.3, -0.25) is 23.8 Å². The number of hydrogen-bond donors (Lipinski definition) is 0. The minimum Gasteiger partial charge on any atom is -0.483 e. The lowest BCUT2D eigenvalue weighted by Gasteiger charge is -2.41. The van der Waals surface area contributed by atoms with Crippen molar-refractivity contribution in [2.75, 3.05) is 44.3 Å². The van der Waals surface area contributed by atoms with Gasteiger partial charge in [-0.05, 0) is 38.5 Å². The summed E-state index contributed by atoms with van der Waals surface area (Å²) < 4.78 is 26.1. The van der Waals surface area contributed by atoms with E-state index in [1.807, 2.05) is 11.1 Å². The van der Waals surface area contributed by atoms with Crippen LogP contribution < -0.4 is 9.75 Å². The van der Waals surface area contributed by atoms with Crippen LogP contribution in [0.3, 0.4) is 0 Å². The van der Waals surface area contributed by atoms with Crippen LogP contribution in [-0.2, 0) is 20.3 Å². The molecule has 3 aromatic heterocycles. The van der Waals surface area contributed by atoms with Gasteiger partial charge in [0.15, 0.2) is 17.9 Å². The van der Waals surface area contributed by atoms with E-state index in [9.17, 15) is 18.9 Å². The molecule has 2 amide bonds. The molecule has 2 aliphatic rings. The molecule has 2 atom stereocenters. The van der Waals surface area contributed by atoms with Gasteiger partial charge < -0.3 is 9.26 Å². The number of benzene rings is 1. The minimum absolute atomic E-state index is 0.0862. The van der Waals surface area contributed by atoms with Crippen LogP contribution in [-0.4, -0.2) is 92.5 Å². The second kappa shape index (κ2) is 12.5. The molecule has 4 aromatic rings. The molecular weight excluding hydrogens is 597 g/mol. The van der Waals surface area contributed by atoms with Crippen LogP contribution in [0, 0.1) is 0 Å². The first-order valence-corrected chi connectivity index (χ1v) is 17.0. The van der Waals surface area contributed by atoms with Crippen molar-refractivity contribution in [3.8, 4) is 16.9 Å². The predicted octanol–water partition coefficient (Wildman–Crippen LogP) is 4.15. The fourth-order valence-corrected chi connectivity index (χ4v) is 6.88. The van der Waals surface area contributed by atoms with Crippen molar-refractivity contribution < 1.29 is 28.2 Å². The van der Waals surface area contributed by atoms with Crippen LogP contribution in [0.2, 0.25) is 0 Å². The van der Waals surface area contributed by atoms with Crippen LogP contribution in [0.1, 0.15) is 36.3 Å². The topological polar surface area (TPSA) is 140 Å². The molecule has 0 bridgehead atoms. The summed E-state index contributed by atoms with van der Waals surface area (Å²) in [6, 6.07) is 7.95. The van der Waals surface area contributed by atoms with Crippen LogP contribution >= 0.6 is 7.37 Å². The first kappa shape index (κ1) is 30.6. The number of carbonyl (C=O) groups is 3. The monoisotopic (exact) mass is 631 g/mol. The first-order chi connectivity index (χ1) is 21.7. The highest BCUT2D eigenvalue weighted by Crippen LogP contribution is 2.44. The fourth-order valence-electron chi connectivity index (χ4n) is 5.89. The number of nitrogens with zero attached hydrogens (tertiary/aromatic N) is 7. The number of fused-ring (bicyclic) bond motifs is 2. The normalized spacial score (nSPS) is 18.2. The van der Waals surface area contributed by atoms with Gasteiger partial charge in [0.2, 0.25) is 7.37 Å². The molecule has 2 saturated heterocycles. The number of ketones is 2. The van der Waals surface area contributed by atoms with Gasteiger partial charge in [-0.1, -0.05) is 6.07 Å². The van der Waals surface area contributed by atoms with Crippen molar-refractivity contribution in [2.45, 2.75) is 32.7 Å². The van der Waals surface area contributed by atoms with Crippen molar-refractivity contribution in [3.63, 3.8) is 0 Å². The number of urea groups is 1. The maximum Gasteiger partial charge on any atom is 0.354 e. The quantitative estimate of drug-likeness (QED) is 0.175. The molecule has 234 valence electrons. The summed E-state index contributed by atoms with van der Waals surface area (Å²) >= 11 is 0. The maximum absolute atomic E-state index is 14.1. The largest absolute Gasteiger partial charge is 0.483 e. The Morgan fingerprint density at radius 2 is 1.91 bits per heavy atom. The molecule has 0 spiro atoms. The number of Topliss-reactive ketones (excluding diaryl/α,β-unsaturated/α-hetero) is 2. The van der Waals surface area contributed by atoms with E-state index in [-0.39, 0.29) is 37.0 Å². The molecule has 45 heavy (non-hydrogen) atoms. The fraction of sp³-hybridized carbons (Fsp3) is 0.355. The Labute approximate surface area is 260 Å². The smallest absolute Gasteiger partial charge is 0.354 e. The standard InChI is InChI=1S/C31H34N7O6P/c1-4-44-45(3,42)20-43-30-15-28-25(14-24(30)22-16-32-19-33-17-22)26(21(2)39)18-37(28)36-12-11-35-10-8-27(38(35)31(36)41)29(40)13-23-7-5-6-9-34-23/h5-7,9,14-19,27H,4,8,10-13,20H2,1-3H3/t27-,45?/m0/s1. The lowest BCUT2D eigenvalue weighted by atomic mass is 10.0. The van der Waals surface area contributed by atoms with Gasteiger partial charge in [-0.2, -0.15) is 0 Å². The summed E-state index contributed by atoms with van der Waals surface area (Å²) in [5.74, 6) is 0.0915. The molecule has 5 heterocycles. The molecule has 0 saturated carbocycles. The number of carbonyl (C=O) groups excluding carboxylic acids is 3. The zero-order chi connectivity index (χ0) is 31.7. The number of hydrazine groups is 1. The van der Waals surface area contributed by atoms with Crippen molar-refractivity contribution in [1.29, 1.82) is 0 Å². The Balaban J connectivity index is 1.39. The van der Waals surface area contributed by atoms with Crippen LogP contribution in [0.4, 0.5) is 4.79 Å². The van der Waals surface area contributed by atoms with Crippen LogP contribution in [0.5, 0.6) is 5.75 Å². The number of rotatable bonds is 11. The van der Waals surface area contributed by atoms with Gasteiger partial charge in [-0.25, -0.2) is 29.8 Å². The van der Waals surface area contributed by atoms with Gasteiger partial charge >= 0.3 is 6.03 Å². The molecule has 1 unspecified atom stereocenters. The zero-order valence-electron chi connectivity index (χ0n) is 25.3. The third kappa shape index (κ3) is 6.11. The SMILES string of the molecule is CCOP(C)(=O)COc1cc2c(cc1-c1cncnc1)c(C(C)=O)cn2N1CCN2CC[C@@H](C(=O)Cc3ccccn3)N2C1=O. The van der Waals surface area contributed by atoms with Gasteiger partial charge in [0.25, 0.3) is 0 Å². The highest BCUT2D eigenvalue weighted by atomic mass is 31.2. The number of pyridine rings is 1. The molecule has 6 rings (SSSR count). The van der Waals surface area contributed by atoms with Gasteiger partial charge in [0.05, 0.1) is 25.1 Å². The molecule has 0 radical (unpaired) electrons. The van der Waals surface area contributed by atoms with E-state index < -0.39 is 13.4 Å². The molecule has 13 nitrogen and oxygen atoms in total. The first-order valence-electron chi connectivity index (χ1n) is 14.7. The maximum atomic E-state index is 14.1. The van der Waals surface area contributed by atoms with E-state index in [1.54, 1.807) is 60.7 Å². The Morgan fingerprint density at radius 1 is 1.11 bits per heavy atom. The van der Waals surface area contributed by atoms with E-state index in [0.717, 1.165) is 0 Å². The number of ether oxygens (including phenoxy) is 1. The Hall–Kier alpha value is -4.45. The zero-order valence-corrected chi connectivity index (χ0v) is 26.2. The van der Waals surface area contributed by atoms with E-state index in [0.29, 0.717) is 65.1 Å². The molecule has 2 aliphatic heterocycles. The van der Waals surface area contributed by atoms with E-state index >= 15 is 0 Å². The minimum atomic E-state index is -3.07. The summed E-state index contributed by atoms with van der Waals surface area (Å²) in [5, 5.41) is 5.58. The average Bonchev–Trinajstić information content (AvgIpc) is 3.63. The van der Waals surface area contributed by atoms with Gasteiger partial charge in [0.1, 0.15) is 18.1 Å². The average molecular weight is 632 g/mol. The molecule has 14 heteroatoms. The van der Waals surface area contributed by atoms with Gasteiger partial charge in [-0.15, -0.1) is 0 Å². The highest BCUT2D eigenvalue weighted by Gasteiger charge is 2.45. The molecule has 2 fully saturated rings. The summed E-state index contributed by atoms with van der Waals surface area (Å²) in [7, 11) is -3.07. The second-order valence-corrected chi connectivity index (χ2v) is 13.7. The Bertz CT molecular complexity index is 1800. The number of hydrogen-bond acceptors (Lipinski definition) is 10. The van der Waals surface area contributed by atoms with E-state index in [4.69, 9.17) is 9.26 Å². The van der Waals surface area contributed by atoms with Crippen molar-refractivity contribution in [1.82, 2.24) is 29.6 Å². The third-order valence-electron chi connectivity index (χ3n) is 7.95. The third-order valence-corrected chi connectivity index (χ3v) is 9.36. The van der Waals surface area contributed by atoms with E-state index in [1.165, 1.54) is 29.9 Å². The van der Waals surface area contributed by atoms with E-state index in [2.05, 4.69) is 15.0 Å². The predicted molar refractivity (Wildman–Crippen MR) is 167 cm³/mol. The Kier molecular flexibility index (Phi) is 8.50. The second-order valence-electron chi connectivity index (χ2n) is 11.1. The molecule has 0 aliphatic carbocycles. The van der Waals surface area contributed by atoms with Crippen molar-refractivity contribution in [3.05, 3.63) is 72.7 Å². The van der Waals surface area contributed by atoms with Crippen molar-refractivity contribution >= 4 is 35.9 Å². The van der Waals surface area contributed by atoms with Crippen molar-refractivity contribution in [2.24, 2.45) is 0 Å². The van der Waals surface area contributed by atoms with Gasteiger partial charge in [0, 0.05) is 78.4 Å². The van der Waals surface area contributed by atoms with Crippen LogP contribution in [0.15, 0.2) is 61.4 Å². The lowest BCUT2D eigenvalue weighted by molar-refractivity contribution is -0.125. The molecule has 1 aromatic carbocycles. The summed E-state index contributed by atoms with van der Waals surface area (Å²) in [4.78, 5) is 53.0. The number of aromatic nitrogens is 4. The van der Waals surface area contributed by atoms with Crippen LogP contribution in [0.25, 0.3) is 22.0 Å². The highest BCUT2D eigenvalue weighted by molar-refractivity contribution is 7.57. The number of amides is 2. The molecular formula is C31H34N7O6P. The Morgan fingerprint density at radius 3 is 2.62 bits per heavy atom. The lowest BCUT2D eigenvalue weighted by Crippen LogP contribution is -2.63.